The lowest BCUT2D eigenvalue weighted by Crippen LogP contribution is -2.40. The molecular formula is C19H17FN2O3S. The molecule has 2 amide bonds. The fourth-order valence-corrected chi connectivity index (χ4v) is 3.31. The highest BCUT2D eigenvalue weighted by molar-refractivity contribution is 7.15. The van der Waals surface area contributed by atoms with Gasteiger partial charge < -0.3 is 15.1 Å². The summed E-state index contributed by atoms with van der Waals surface area (Å²) >= 11 is 1.62. The van der Waals surface area contributed by atoms with Gasteiger partial charge in [-0.2, -0.15) is 0 Å². The predicted molar refractivity (Wildman–Crippen MR) is 97.0 cm³/mol. The molecule has 0 aliphatic heterocycles. The molecule has 0 bridgehead atoms. The minimum Gasteiger partial charge on any atom is -0.472 e. The van der Waals surface area contributed by atoms with Crippen LogP contribution in [0.1, 0.15) is 10.4 Å². The van der Waals surface area contributed by atoms with Crippen LogP contribution in [0.25, 0.3) is 10.4 Å². The van der Waals surface area contributed by atoms with Crippen LogP contribution in [-0.2, 0) is 22.6 Å². The number of benzene rings is 1. The Morgan fingerprint density at radius 2 is 1.77 bits per heavy atom. The number of hydrogen-bond donors (Lipinski definition) is 2. The van der Waals surface area contributed by atoms with Crippen molar-refractivity contribution in [2.75, 3.05) is 6.54 Å². The number of halogens is 1. The third-order valence-electron chi connectivity index (χ3n) is 3.70. The second-order valence-corrected chi connectivity index (χ2v) is 6.76. The number of nitrogens with one attached hydrogen (secondary N) is 2. The molecule has 3 rings (SSSR count). The van der Waals surface area contributed by atoms with Crippen LogP contribution in [0.15, 0.2) is 59.4 Å². The molecule has 0 aliphatic rings. The van der Waals surface area contributed by atoms with Crippen LogP contribution in [0.4, 0.5) is 4.39 Å². The van der Waals surface area contributed by atoms with Crippen molar-refractivity contribution in [2.45, 2.75) is 13.0 Å². The van der Waals surface area contributed by atoms with Crippen molar-refractivity contribution in [2.24, 2.45) is 0 Å². The molecule has 0 saturated carbocycles. The number of carbonyl (C=O) groups is 2. The monoisotopic (exact) mass is 372 g/mol. The highest BCUT2D eigenvalue weighted by Crippen LogP contribution is 2.28. The fourth-order valence-electron chi connectivity index (χ4n) is 2.32. The summed E-state index contributed by atoms with van der Waals surface area (Å²) in [6, 6.07) is 11.6. The highest BCUT2D eigenvalue weighted by Gasteiger charge is 2.12. The van der Waals surface area contributed by atoms with Crippen LogP contribution >= 0.6 is 11.3 Å². The highest BCUT2D eigenvalue weighted by atomic mass is 32.1. The summed E-state index contributed by atoms with van der Waals surface area (Å²) in [5.41, 5.74) is 1.74. The molecule has 0 aliphatic carbocycles. The number of thiophene rings is 1. The maximum Gasteiger partial charge on any atom is 0.309 e. The third-order valence-corrected chi connectivity index (χ3v) is 4.89. The van der Waals surface area contributed by atoms with Crippen LogP contribution in [0, 0.1) is 5.82 Å². The van der Waals surface area contributed by atoms with E-state index < -0.39 is 11.8 Å². The van der Waals surface area contributed by atoms with Gasteiger partial charge in [-0.1, -0.05) is 12.1 Å². The van der Waals surface area contributed by atoms with Crippen LogP contribution in [0.5, 0.6) is 0 Å². The van der Waals surface area contributed by atoms with E-state index in [1.165, 1.54) is 12.1 Å². The van der Waals surface area contributed by atoms with E-state index in [9.17, 15) is 14.0 Å². The first-order chi connectivity index (χ1) is 12.6. The Kier molecular flexibility index (Phi) is 5.80. The molecule has 2 aromatic heterocycles. The van der Waals surface area contributed by atoms with E-state index in [1.807, 2.05) is 18.2 Å². The zero-order valence-electron chi connectivity index (χ0n) is 13.8. The Balaban J connectivity index is 1.40. The zero-order chi connectivity index (χ0) is 18.4. The van der Waals surface area contributed by atoms with Crippen LogP contribution in [0.3, 0.4) is 0 Å². The summed E-state index contributed by atoms with van der Waals surface area (Å²) in [5.74, 6) is -1.74. The summed E-state index contributed by atoms with van der Waals surface area (Å²) in [4.78, 5) is 25.8. The van der Waals surface area contributed by atoms with Crippen molar-refractivity contribution in [3.05, 3.63) is 71.2 Å². The molecule has 26 heavy (non-hydrogen) atoms. The van der Waals surface area contributed by atoms with E-state index in [0.29, 0.717) is 13.0 Å². The maximum absolute atomic E-state index is 12.8. The van der Waals surface area contributed by atoms with Crippen LogP contribution < -0.4 is 10.6 Å². The van der Waals surface area contributed by atoms with Gasteiger partial charge >= 0.3 is 11.8 Å². The lowest BCUT2D eigenvalue weighted by atomic mass is 10.2. The van der Waals surface area contributed by atoms with Gasteiger partial charge in [0.2, 0.25) is 0 Å². The Morgan fingerprint density at radius 3 is 2.50 bits per heavy atom. The summed E-state index contributed by atoms with van der Waals surface area (Å²) in [7, 11) is 0. The van der Waals surface area contributed by atoms with Gasteiger partial charge in [0.15, 0.2) is 0 Å². The van der Waals surface area contributed by atoms with E-state index in [1.54, 1.807) is 36.0 Å². The molecule has 0 radical (unpaired) electrons. The maximum atomic E-state index is 12.8. The average molecular weight is 372 g/mol. The molecular weight excluding hydrogens is 355 g/mol. The van der Waals surface area contributed by atoms with Crippen molar-refractivity contribution in [3.8, 4) is 10.4 Å². The largest absolute Gasteiger partial charge is 0.472 e. The fraction of sp³-hybridized carbons (Fsp3) is 0.158. The first-order valence-electron chi connectivity index (χ1n) is 8.03. The average Bonchev–Trinajstić information content (AvgIpc) is 3.32. The third kappa shape index (κ3) is 4.80. The van der Waals surface area contributed by atoms with E-state index in [-0.39, 0.29) is 12.4 Å². The van der Waals surface area contributed by atoms with Crippen molar-refractivity contribution in [3.63, 3.8) is 0 Å². The van der Waals surface area contributed by atoms with Crippen molar-refractivity contribution < 1.29 is 18.4 Å². The molecule has 5 nitrogen and oxygen atoms in total. The van der Waals surface area contributed by atoms with Gasteiger partial charge in [0, 0.05) is 28.4 Å². The summed E-state index contributed by atoms with van der Waals surface area (Å²) in [5, 5.41) is 5.11. The molecule has 0 unspecified atom stereocenters. The lowest BCUT2D eigenvalue weighted by Gasteiger charge is -2.06. The summed E-state index contributed by atoms with van der Waals surface area (Å²) in [6.45, 7) is 0.541. The predicted octanol–water partition coefficient (Wildman–Crippen LogP) is 3.12. The number of hydrogen-bond acceptors (Lipinski definition) is 4. The number of carbonyl (C=O) groups excluding carboxylic acids is 2. The van der Waals surface area contributed by atoms with Crippen molar-refractivity contribution >= 4 is 23.2 Å². The molecule has 0 saturated heterocycles. The van der Waals surface area contributed by atoms with E-state index in [4.69, 9.17) is 4.42 Å². The van der Waals surface area contributed by atoms with Crippen molar-refractivity contribution in [1.82, 2.24) is 10.6 Å². The van der Waals surface area contributed by atoms with Gasteiger partial charge in [-0.25, -0.2) is 4.39 Å². The molecule has 0 fully saturated rings. The van der Waals surface area contributed by atoms with Gasteiger partial charge in [0.05, 0.1) is 12.5 Å². The SMILES string of the molecule is O=C(NCCc1ccc(-c2ccoc2)s1)C(=O)NCc1ccc(F)cc1. The van der Waals surface area contributed by atoms with Gasteiger partial charge in [-0.15, -0.1) is 11.3 Å². The van der Waals surface area contributed by atoms with E-state index in [2.05, 4.69) is 10.6 Å². The van der Waals surface area contributed by atoms with Crippen LogP contribution in [0.2, 0.25) is 0 Å². The standard InChI is InChI=1S/C19H17FN2O3S/c20-15-3-1-13(2-4-15)11-22-19(24)18(23)21-9-7-16-5-6-17(26-16)14-8-10-25-12-14/h1-6,8,10,12H,7,9,11H2,(H,21,23)(H,22,24). The molecule has 2 N–H and O–H groups in total. The number of rotatable bonds is 6. The minimum atomic E-state index is -0.709. The second-order valence-electron chi connectivity index (χ2n) is 5.59. The quantitative estimate of drug-likeness (QED) is 0.653. The Morgan fingerprint density at radius 1 is 1.00 bits per heavy atom. The molecule has 134 valence electrons. The molecule has 7 heteroatoms. The summed E-state index contributed by atoms with van der Waals surface area (Å²) in [6.07, 6.45) is 3.95. The van der Waals surface area contributed by atoms with E-state index >= 15 is 0 Å². The van der Waals surface area contributed by atoms with Gasteiger partial charge in [-0.05, 0) is 42.3 Å². The molecule has 0 spiro atoms. The topological polar surface area (TPSA) is 71.3 Å². The first kappa shape index (κ1) is 17.9. The Bertz CT molecular complexity index is 873. The smallest absolute Gasteiger partial charge is 0.309 e. The van der Waals surface area contributed by atoms with Gasteiger partial charge in [-0.3, -0.25) is 9.59 Å². The minimum absolute atomic E-state index is 0.172. The second kappa shape index (κ2) is 8.44. The van der Waals surface area contributed by atoms with Crippen molar-refractivity contribution in [1.29, 1.82) is 0 Å². The van der Waals surface area contributed by atoms with E-state index in [0.717, 1.165) is 20.9 Å². The molecule has 2 heterocycles. The molecule has 3 aromatic rings. The lowest BCUT2D eigenvalue weighted by molar-refractivity contribution is -0.139. The van der Waals surface area contributed by atoms with Gasteiger partial charge in [0.25, 0.3) is 0 Å². The number of amides is 2. The number of furan rings is 1. The molecule has 0 atom stereocenters. The summed E-state index contributed by atoms with van der Waals surface area (Å²) < 4.78 is 17.9. The Labute approximate surface area is 153 Å². The first-order valence-corrected chi connectivity index (χ1v) is 8.85. The van der Waals surface area contributed by atoms with Crippen LogP contribution in [-0.4, -0.2) is 18.4 Å². The van der Waals surface area contributed by atoms with Gasteiger partial charge in [0.1, 0.15) is 5.82 Å². The normalized spacial score (nSPS) is 10.5. The zero-order valence-corrected chi connectivity index (χ0v) is 14.6. The molecule has 1 aromatic carbocycles. The Hall–Kier alpha value is -2.93.